The summed E-state index contributed by atoms with van der Waals surface area (Å²) in [6.45, 7) is 1.74. The van der Waals surface area contributed by atoms with Crippen molar-refractivity contribution in [2.75, 3.05) is 23.7 Å². The molecule has 0 unspecified atom stereocenters. The van der Waals surface area contributed by atoms with Gasteiger partial charge in [-0.3, -0.25) is 9.59 Å². The number of aromatic nitrogens is 2. The quantitative estimate of drug-likeness (QED) is 0.207. The summed E-state index contributed by atoms with van der Waals surface area (Å²) in [5, 5.41) is 13.5. The Balaban J connectivity index is 0.986. The second-order valence-corrected chi connectivity index (χ2v) is 11.9. The second-order valence-electron chi connectivity index (χ2n) is 10.1. The average Bonchev–Trinajstić information content (AvgIpc) is 3.56. The lowest BCUT2D eigenvalue weighted by molar-refractivity contribution is 0.0964. The van der Waals surface area contributed by atoms with Gasteiger partial charge >= 0.3 is 0 Å². The lowest BCUT2D eigenvalue weighted by Crippen LogP contribution is -2.17. The molecule has 6 rings (SSSR count). The van der Waals surface area contributed by atoms with E-state index < -0.39 is 0 Å². The summed E-state index contributed by atoms with van der Waals surface area (Å²) in [5.74, 6) is 0.461. The van der Waals surface area contributed by atoms with Crippen molar-refractivity contribution in [1.82, 2.24) is 9.97 Å². The number of rotatable bonds is 10. The third-order valence-corrected chi connectivity index (χ3v) is 9.14. The van der Waals surface area contributed by atoms with Gasteiger partial charge in [0.15, 0.2) is 11.6 Å². The zero-order valence-corrected chi connectivity index (χ0v) is 22.7. The number of aryl methyl sites for hydroxylation is 2. The van der Waals surface area contributed by atoms with Crippen molar-refractivity contribution in [3.63, 3.8) is 0 Å². The van der Waals surface area contributed by atoms with Crippen LogP contribution >= 0.6 is 22.7 Å². The minimum Gasteiger partial charge on any atom is -0.384 e. The maximum Gasteiger partial charge on any atom is 0.166 e. The summed E-state index contributed by atoms with van der Waals surface area (Å²) < 4.78 is 0. The summed E-state index contributed by atoms with van der Waals surface area (Å²) in [6.07, 6.45) is 10.5. The van der Waals surface area contributed by atoms with E-state index in [0.717, 1.165) is 119 Å². The monoisotopic (exact) mass is 532 g/mol. The van der Waals surface area contributed by atoms with Crippen molar-refractivity contribution in [3.8, 4) is 0 Å². The van der Waals surface area contributed by atoms with Gasteiger partial charge in [0.25, 0.3) is 0 Å². The molecule has 0 saturated heterocycles. The number of pyridine rings is 2. The fourth-order valence-electron chi connectivity index (χ4n) is 5.69. The number of thiophene rings is 2. The number of carbonyl (C=O) groups is 2. The summed E-state index contributed by atoms with van der Waals surface area (Å²) in [7, 11) is 0. The number of unbranched alkanes of at least 4 members (excludes halogenated alkanes) is 4. The molecular formula is C29H32N4O2S2. The fraction of sp³-hybridized carbons (Fsp3) is 0.448. The van der Waals surface area contributed by atoms with Crippen molar-refractivity contribution in [2.45, 2.75) is 70.6 Å². The molecule has 8 heteroatoms. The molecule has 2 aliphatic carbocycles. The normalized spacial score (nSPS) is 15.2. The molecular weight excluding hydrogens is 500 g/mol. The predicted octanol–water partition coefficient (Wildman–Crippen LogP) is 7.42. The molecule has 0 radical (unpaired) electrons. The molecule has 0 aromatic carbocycles. The Kier molecular flexibility index (Phi) is 7.20. The maximum absolute atomic E-state index is 12.7. The molecule has 4 aromatic rings. The zero-order chi connectivity index (χ0) is 25.2. The molecule has 37 heavy (non-hydrogen) atoms. The van der Waals surface area contributed by atoms with Gasteiger partial charge in [0.2, 0.25) is 0 Å². The number of hydrogen-bond acceptors (Lipinski definition) is 8. The van der Waals surface area contributed by atoms with E-state index in [-0.39, 0.29) is 11.6 Å². The minimum atomic E-state index is 0.230. The van der Waals surface area contributed by atoms with Crippen LogP contribution in [0.2, 0.25) is 0 Å². The van der Waals surface area contributed by atoms with Crippen LogP contribution in [0.5, 0.6) is 0 Å². The molecule has 0 saturated carbocycles. The number of ketones is 2. The number of Topliss-reactive ketones (excluding diaryl/α,β-unsaturated/α-hetero) is 2. The van der Waals surface area contributed by atoms with E-state index >= 15 is 0 Å². The second kappa shape index (κ2) is 10.9. The molecule has 2 N–H and O–H groups in total. The molecule has 0 atom stereocenters. The molecule has 0 spiro atoms. The smallest absolute Gasteiger partial charge is 0.166 e. The molecule has 0 bridgehead atoms. The van der Waals surface area contributed by atoms with Gasteiger partial charge in [0.05, 0.1) is 33.9 Å². The first-order chi connectivity index (χ1) is 18.2. The lowest BCUT2D eigenvalue weighted by atomic mass is 9.92. The third-order valence-electron chi connectivity index (χ3n) is 7.53. The summed E-state index contributed by atoms with van der Waals surface area (Å²) in [5.41, 5.74) is 5.62. The molecule has 0 fully saturated rings. The Hall–Kier alpha value is -2.84. The summed E-state index contributed by atoms with van der Waals surface area (Å²) >= 11 is 3.29. The highest BCUT2D eigenvalue weighted by Crippen LogP contribution is 2.37. The van der Waals surface area contributed by atoms with Gasteiger partial charge in [-0.05, 0) is 61.4 Å². The molecule has 4 aromatic heterocycles. The van der Waals surface area contributed by atoms with Gasteiger partial charge in [-0.2, -0.15) is 0 Å². The highest BCUT2D eigenvalue weighted by atomic mass is 32.1. The van der Waals surface area contributed by atoms with Crippen molar-refractivity contribution in [1.29, 1.82) is 0 Å². The molecule has 0 amide bonds. The van der Waals surface area contributed by atoms with Crippen molar-refractivity contribution in [3.05, 3.63) is 45.4 Å². The zero-order valence-electron chi connectivity index (χ0n) is 21.0. The van der Waals surface area contributed by atoms with Crippen LogP contribution in [0.25, 0.3) is 20.4 Å². The highest BCUT2D eigenvalue weighted by Gasteiger charge is 2.26. The van der Waals surface area contributed by atoms with E-state index in [1.165, 1.54) is 6.42 Å². The number of carbonyl (C=O) groups excluding carboxylic acids is 2. The Labute approximate surface area is 224 Å². The topological polar surface area (TPSA) is 84.0 Å². The van der Waals surface area contributed by atoms with E-state index in [4.69, 9.17) is 9.97 Å². The van der Waals surface area contributed by atoms with E-state index in [1.54, 1.807) is 22.7 Å². The average molecular weight is 533 g/mol. The van der Waals surface area contributed by atoms with Gasteiger partial charge in [-0.25, -0.2) is 9.97 Å². The van der Waals surface area contributed by atoms with Crippen molar-refractivity contribution < 1.29 is 9.59 Å². The summed E-state index contributed by atoms with van der Waals surface area (Å²) in [6, 6.07) is 4.17. The highest BCUT2D eigenvalue weighted by molar-refractivity contribution is 7.17. The Morgan fingerprint density at radius 1 is 0.649 bits per heavy atom. The first kappa shape index (κ1) is 24.5. The fourth-order valence-corrected chi connectivity index (χ4v) is 7.28. The van der Waals surface area contributed by atoms with Gasteiger partial charge < -0.3 is 10.6 Å². The molecule has 192 valence electrons. The van der Waals surface area contributed by atoms with Crippen LogP contribution in [0.3, 0.4) is 0 Å². The van der Waals surface area contributed by atoms with Crippen LogP contribution < -0.4 is 10.6 Å². The standard InChI is InChI=1S/C29H32N4O2S2/c34-22-10-6-8-20-24(22)26(18-12-16-36-28(18)32-20)30-14-4-2-1-3-5-15-31-27-19-13-17-37-29(19)33-21-9-7-11-23(35)25(21)27/h12-13,16-17H,1-11,14-15H2,(H,30,32)(H,31,33). The van der Waals surface area contributed by atoms with Crippen LogP contribution in [0, 0.1) is 0 Å². The van der Waals surface area contributed by atoms with Gasteiger partial charge in [0, 0.05) is 36.7 Å². The lowest BCUT2D eigenvalue weighted by Gasteiger charge is -2.20. The van der Waals surface area contributed by atoms with E-state index in [2.05, 4.69) is 33.5 Å². The number of hydrogen-bond donors (Lipinski definition) is 2. The molecule has 6 nitrogen and oxygen atoms in total. The molecule has 4 heterocycles. The van der Waals surface area contributed by atoms with Gasteiger partial charge in [0.1, 0.15) is 9.66 Å². The summed E-state index contributed by atoms with van der Waals surface area (Å²) in [4.78, 5) is 36.9. The number of anilines is 2. The Bertz CT molecular complexity index is 1360. The maximum atomic E-state index is 12.7. The van der Waals surface area contributed by atoms with Crippen molar-refractivity contribution in [2.24, 2.45) is 0 Å². The Morgan fingerprint density at radius 3 is 1.59 bits per heavy atom. The van der Waals surface area contributed by atoms with Crippen LogP contribution in [-0.2, 0) is 12.8 Å². The Morgan fingerprint density at radius 2 is 1.11 bits per heavy atom. The number of fused-ring (bicyclic) bond motifs is 4. The SMILES string of the molecule is O=C1CCCc2nc3sccc3c(NCCCCCCCNc3c4c(nc5sccc35)CCCC4=O)c21. The van der Waals surface area contributed by atoms with E-state index in [0.29, 0.717) is 12.8 Å². The van der Waals surface area contributed by atoms with Crippen LogP contribution in [0.1, 0.15) is 89.9 Å². The largest absolute Gasteiger partial charge is 0.384 e. The van der Waals surface area contributed by atoms with Gasteiger partial charge in [-0.1, -0.05) is 19.3 Å². The number of nitrogens with zero attached hydrogens (tertiary/aromatic N) is 2. The minimum absolute atomic E-state index is 0.230. The predicted molar refractivity (Wildman–Crippen MR) is 154 cm³/mol. The van der Waals surface area contributed by atoms with Crippen LogP contribution in [0.4, 0.5) is 11.4 Å². The molecule has 2 aliphatic rings. The molecule has 0 aliphatic heterocycles. The third kappa shape index (κ3) is 4.89. The first-order valence-electron chi connectivity index (χ1n) is 13.5. The first-order valence-corrected chi connectivity index (χ1v) is 15.3. The van der Waals surface area contributed by atoms with Crippen LogP contribution in [-0.4, -0.2) is 34.6 Å². The van der Waals surface area contributed by atoms with Crippen LogP contribution in [0.15, 0.2) is 22.9 Å². The van der Waals surface area contributed by atoms with Gasteiger partial charge in [-0.15, -0.1) is 22.7 Å². The van der Waals surface area contributed by atoms with Crippen molar-refractivity contribution >= 4 is 66.0 Å². The van der Waals surface area contributed by atoms with E-state index in [1.807, 2.05) is 0 Å². The van der Waals surface area contributed by atoms with E-state index in [9.17, 15) is 9.59 Å². The number of nitrogens with one attached hydrogen (secondary N) is 2.